The van der Waals surface area contributed by atoms with Gasteiger partial charge in [-0.15, -0.1) is 0 Å². The van der Waals surface area contributed by atoms with Crippen LogP contribution in [0.25, 0.3) is 0 Å². The molecule has 1 aromatic carbocycles. The summed E-state index contributed by atoms with van der Waals surface area (Å²) in [6, 6.07) is 8.48. The Bertz CT molecular complexity index is 631. The van der Waals surface area contributed by atoms with Gasteiger partial charge in [0, 0.05) is 57.8 Å². The summed E-state index contributed by atoms with van der Waals surface area (Å²) >= 11 is 0. The maximum absolute atomic E-state index is 13.2. The second-order valence-electron chi connectivity index (χ2n) is 7.04. The highest BCUT2D eigenvalue weighted by molar-refractivity contribution is 5.87. The molecule has 0 N–H and O–H groups in total. The molecule has 2 amide bonds. The van der Waals surface area contributed by atoms with E-state index in [0.717, 1.165) is 19.4 Å². The van der Waals surface area contributed by atoms with Crippen LogP contribution < -0.4 is 4.90 Å². The Balaban J connectivity index is 1.85. The summed E-state index contributed by atoms with van der Waals surface area (Å²) in [5, 5.41) is 0. The van der Waals surface area contributed by atoms with Gasteiger partial charge in [-0.2, -0.15) is 0 Å². The summed E-state index contributed by atoms with van der Waals surface area (Å²) in [6.45, 7) is 4.28. The number of piperidine rings is 1. The standard InChI is InChI=1S/C19H27N3O2/c1-4-16-13-21(3)17-8-6-5-7-15(17)12-22(16)19(24)14-9-10-20(2)18(23)11-14/h5-8,14,16H,4,9-13H2,1-3H3/t14-,16+/m1/s1. The first kappa shape index (κ1) is 16.8. The number of para-hydroxylation sites is 1. The molecule has 5 nitrogen and oxygen atoms in total. The second kappa shape index (κ2) is 6.83. The Hall–Kier alpha value is -2.04. The Morgan fingerprint density at radius 3 is 2.67 bits per heavy atom. The number of amides is 2. The highest BCUT2D eigenvalue weighted by Crippen LogP contribution is 2.29. The van der Waals surface area contributed by atoms with Crippen LogP contribution in [0.3, 0.4) is 0 Å². The highest BCUT2D eigenvalue weighted by Gasteiger charge is 2.35. The molecule has 5 heteroatoms. The third kappa shape index (κ3) is 3.12. The molecule has 0 bridgehead atoms. The predicted molar refractivity (Wildman–Crippen MR) is 94.7 cm³/mol. The van der Waals surface area contributed by atoms with E-state index in [1.807, 2.05) is 24.1 Å². The largest absolute Gasteiger partial charge is 0.372 e. The molecule has 0 unspecified atom stereocenters. The summed E-state index contributed by atoms with van der Waals surface area (Å²) in [4.78, 5) is 31.2. The van der Waals surface area contributed by atoms with E-state index in [1.165, 1.54) is 11.3 Å². The van der Waals surface area contributed by atoms with Crippen molar-refractivity contribution >= 4 is 17.5 Å². The van der Waals surface area contributed by atoms with Crippen LogP contribution in [-0.2, 0) is 16.1 Å². The van der Waals surface area contributed by atoms with Gasteiger partial charge in [0.25, 0.3) is 0 Å². The van der Waals surface area contributed by atoms with Crippen molar-refractivity contribution in [3.05, 3.63) is 29.8 Å². The van der Waals surface area contributed by atoms with Crippen LogP contribution in [0.5, 0.6) is 0 Å². The van der Waals surface area contributed by atoms with E-state index in [2.05, 4.69) is 31.0 Å². The lowest BCUT2D eigenvalue weighted by Crippen LogP contribution is -2.48. The Morgan fingerprint density at radius 2 is 1.96 bits per heavy atom. The van der Waals surface area contributed by atoms with Crippen LogP contribution in [0.15, 0.2) is 24.3 Å². The number of anilines is 1. The summed E-state index contributed by atoms with van der Waals surface area (Å²) in [5.74, 6) is 0.0618. The molecule has 1 saturated heterocycles. The molecule has 2 heterocycles. The molecule has 1 fully saturated rings. The van der Waals surface area contributed by atoms with E-state index in [0.29, 0.717) is 19.5 Å². The van der Waals surface area contributed by atoms with Crippen LogP contribution >= 0.6 is 0 Å². The molecule has 3 rings (SSSR count). The van der Waals surface area contributed by atoms with E-state index in [1.54, 1.807) is 4.90 Å². The number of likely N-dealkylation sites (N-methyl/N-ethyl adjacent to an activating group) is 1. The topological polar surface area (TPSA) is 43.9 Å². The average Bonchev–Trinajstić information content (AvgIpc) is 2.73. The fourth-order valence-electron chi connectivity index (χ4n) is 3.84. The fraction of sp³-hybridized carbons (Fsp3) is 0.579. The zero-order valence-corrected chi connectivity index (χ0v) is 14.9. The van der Waals surface area contributed by atoms with E-state index in [-0.39, 0.29) is 23.8 Å². The number of rotatable bonds is 2. The summed E-state index contributed by atoms with van der Waals surface area (Å²) in [7, 11) is 3.91. The number of nitrogens with zero attached hydrogens (tertiary/aromatic N) is 3. The Kier molecular flexibility index (Phi) is 4.78. The molecular formula is C19H27N3O2. The Morgan fingerprint density at radius 1 is 1.21 bits per heavy atom. The van der Waals surface area contributed by atoms with Gasteiger partial charge in [0.2, 0.25) is 11.8 Å². The van der Waals surface area contributed by atoms with Crippen molar-refractivity contribution in [1.82, 2.24) is 9.80 Å². The minimum absolute atomic E-state index is 0.0833. The second-order valence-corrected chi connectivity index (χ2v) is 7.04. The summed E-state index contributed by atoms with van der Waals surface area (Å²) in [6.07, 6.45) is 2.04. The monoisotopic (exact) mass is 329 g/mol. The number of benzene rings is 1. The lowest BCUT2D eigenvalue weighted by atomic mass is 9.94. The number of hydrogen-bond acceptors (Lipinski definition) is 3. The maximum atomic E-state index is 13.2. The van der Waals surface area contributed by atoms with Gasteiger partial charge in [0.1, 0.15) is 0 Å². The summed E-state index contributed by atoms with van der Waals surface area (Å²) < 4.78 is 0. The number of carbonyl (C=O) groups excluding carboxylic acids is 2. The molecule has 130 valence electrons. The molecule has 0 saturated carbocycles. The van der Waals surface area contributed by atoms with Crippen molar-refractivity contribution in [2.75, 3.05) is 32.1 Å². The van der Waals surface area contributed by atoms with Gasteiger partial charge < -0.3 is 14.7 Å². The van der Waals surface area contributed by atoms with Crippen LogP contribution in [0.1, 0.15) is 31.7 Å². The summed E-state index contributed by atoms with van der Waals surface area (Å²) in [5.41, 5.74) is 2.38. The first-order valence-corrected chi connectivity index (χ1v) is 8.84. The predicted octanol–water partition coefficient (Wildman–Crippen LogP) is 2.11. The molecule has 2 aliphatic heterocycles. The normalized spacial score (nSPS) is 24.6. The smallest absolute Gasteiger partial charge is 0.226 e. The van der Waals surface area contributed by atoms with Gasteiger partial charge in [-0.1, -0.05) is 25.1 Å². The van der Waals surface area contributed by atoms with Crippen molar-refractivity contribution in [3.8, 4) is 0 Å². The number of carbonyl (C=O) groups is 2. The van der Waals surface area contributed by atoms with Crippen molar-refractivity contribution in [3.63, 3.8) is 0 Å². The first-order valence-electron chi connectivity index (χ1n) is 8.84. The van der Waals surface area contributed by atoms with Gasteiger partial charge in [0.15, 0.2) is 0 Å². The Labute approximate surface area is 144 Å². The van der Waals surface area contributed by atoms with Crippen molar-refractivity contribution < 1.29 is 9.59 Å². The molecule has 0 spiro atoms. The molecule has 0 aliphatic carbocycles. The number of hydrogen-bond donors (Lipinski definition) is 0. The van der Waals surface area contributed by atoms with Gasteiger partial charge in [-0.05, 0) is 24.5 Å². The SMILES string of the molecule is CC[C@H]1CN(C)c2ccccc2CN1C(=O)[C@@H]1CCN(C)C(=O)C1. The molecule has 2 atom stereocenters. The molecule has 0 aromatic heterocycles. The van der Waals surface area contributed by atoms with E-state index in [9.17, 15) is 9.59 Å². The van der Waals surface area contributed by atoms with E-state index >= 15 is 0 Å². The van der Waals surface area contributed by atoms with Gasteiger partial charge in [-0.3, -0.25) is 9.59 Å². The molecule has 0 radical (unpaired) electrons. The van der Waals surface area contributed by atoms with Crippen LogP contribution in [0.4, 0.5) is 5.69 Å². The van der Waals surface area contributed by atoms with Gasteiger partial charge in [0.05, 0.1) is 0 Å². The lowest BCUT2D eigenvalue weighted by molar-refractivity contribution is -0.146. The average molecular weight is 329 g/mol. The highest BCUT2D eigenvalue weighted by atomic mass is 16.2. The maximum Gasteiger partial charge on any atom is 0.226 e. The van der Waals surface area contributed by atoms with E-state index in [4.69, 9.17) is 0 Å². The quantitative estimate of drug-likeness (QED) is 0.835. The number of fused-ring (bicyclic) bond motifs is 1. The zero-order valence-electron chi connectivity index (χ0n) is 14.9. The van der Waals surface area contributed by atoms with Crippen molar-refractivity contribution in [2.24, 2.45) is 5.92 Å². The fourth-order valence-corrected chi connectivity index (χ4v) is 3.84. The first-order chi connectivity index (χ1) is 11.5. The minimum atomic E-state index is -0.168. The van der Waals surface area contributed by atoms with Gasteiger partial charge in [-0.25, -0.2) is 0 Å². The van der Waals surface area contributed by atoms with Crippen molar-refractivity contribution in [2.45, 2.75) is 38.8 Å². The van der Waals surface area contributed by atoms with Crippen LogP contribution in [-0.4, -0.2) is 54.8 Å². The molecule has 2 aliphatic rings. The van der Waals surface area contributed by atoms with E-state index < -0.39 is 0 Å². The molecule has 24 heavy (non-hydrogen) atoms. The molecule has 1 aromatic rings. The van der Waals surface area contributed by atoms with Gasteiger partial charge >= 0.3 is 0 Å². The van der Waals surface area contributed by atoms with Crippen LogP contribution in [0, 0.1) is 5.92 Å². The third-order valence-corrected chi connectivity index (χ3v) is 5.43. The zero-order chi connectivity index (χ0) is 17.3. The lowest BCUT2D eigenvalue weighted by Gasteiger charge is -2.36. The third-order valence-electron chi connectivity index (χ3n) is 5.43. The number of likely N-dealkylation sites (tertiary alicyclic amines) is 1. The van der Waals surface area contributed by atoms with Crippen LogP contribution in [0.2, 0.25) is 0 Å². The van der Waals surface area contributed by atoms with Crippen molar-refractivity contribution in [1.29, 1.82) is 0 Å². The molecular weight excluding hydrogens is 302 g/mol. The minimum Gasteiger partial charge on any atom is -0.372 e.